The van der Waals surface area contributed by atoms with Crippen LogP contribution in [0.15, 0.2) is 41.8 Å². The molecule has 0 bridgehead atoms. The van der Waals surface area contributed by atoms with E-state index in [-0.39, 0.29) is 21.7 Å². The molecular formula is C24H26F3N3O2S. The number of fused-ring (bicyclic) bond motifs is 1. The van der Waals surface area contributed by atoms with Crippen molar-refractivity contribution in [1.29, 1.82) is 0 Å². The van der Waals surface area contributed by atoms with Crippen LogP contribution >= 0.6 is 11.3 Å². The highest BCUT2D eigenvalue weighted by Gasteiger charge is 2.36. The predicted octanol–water partition coefficient (Wildman–Crippen LogP) is 5.07. The first-order chi connectivity index (χ1) is 15.9. The van der Waals surface area contributed by atoms with Crippen LogP contribution in [0.2, 0.25) is 0 Å². The third-order valence-electron chi connectivity index (χ3n) is 5.99. The number of alkyl halides is 3. The molecule has 1 aliphatic heterocycles. The van der Waals surface area contributed by atoms with Gasteiger partial charge in [-0.25, -0.2) is 0 Å². The molecule has 1 fully saturated rings. The molecule has 0 aliphatic carbocycles. The van der Waals surface area contributed by atoms with Crippen molar-refractivity contribution in [1.82, 2.24) is 15.2 Å². The lowest BCUT2D eigenvalue weighted by molar-refractivity contribution is -0.136. The van der Waals surface area contributed by atoms with Gasteiger partial charge in [-0.05, 0) is 37.6 Å². The number of rotatable bonds is 7. The smallest absolute Gasteiger partial charge is 0.375 e. The van der Waals surface area contributed by atoms with E-state index in [9.17, 15) is 18.0 Å². The minimum absolute atomic E-state index is 0.0119. The van der Waals surface area contributed by atoms with Gasteiger partial charge in [0.1, 0.15) is 0 Å². The standard InChI is InChI=1S/C24H26F3N3O2S/c1-28-23(31)18-15-33-22-19(24(25,26)27)13-20(29-21(18)22)17-7-9-30(10-8-17)11-12-32-14-16-5-3-2-4-6-16/h2-6,13,15,17H,7-12,14H2,1H3,(H,28,31). The van der Waals surface area contributed by atoms with Crippen LogP contribution in [0.25, 0.3) is 10.2 Å². The minimum Gasteiger partial charge on any atom is -0.375 e. The average molecular weight is 478 g/mol. The van der Waals surface area contributed by atoms with Crippen LogP contribution < -0.4 is 5.32 Å². The molecule has 3 heterocycles. The van der Waals surface area contributed by atoms with E-state index in [1.807, 2.05) is 30.3 Å². The first-order valence-electron chi connectivity index (χ1n) is 10.9. The number of nitrogens with one attached hydrogen (secondary N) is 1. The Hall–Kier alpha value is -2.49. The third-order valence-corrected chi connectivity index (χ3v) is 6.99. The number of benzene rings is 1. The highest BCUT2D eigenvalue weighted by Crippen LogP contribution is 2.41. The summed E-state index contributed by atoms with van der Waals surface area (Å²) in [7, 11) is 1.46. The molecule has 2 aromatic heterocycles. The van der Waals surface area contributed by atoms with Gasteiger partial charge in [0, 0.05) is 30.6 Å². The second-order valence-corrected chi connectivity index (χ2v) is 9.03. The van der Waals surface area contributed by atoms with Gasteiger partial charge < -0.3 is 15.0 Å². The summed E-state index contributed by atoms with van der Waals surface area (Å²) in [6.07, 6.45) is -3.07. The Labute approximate surface area is 194 Å². The van der Waals surface area contributed by atoms with Crippen molar-refractivity contribution in [2.45, 2.75) is 31.5 Å². The van der Waals surface area contributed by atoms with E-state index in [0.717, 1.165) is 36.5 Å². The molecule has 33 heavy (non-hydrogen) atoms. The number of pyridine rings is 1. The van der Waals surface area contributed by atoms with Gasteiger partial charge in [-0.1, -0.05) is 30.3 Å². The summed E-state index contributed by atoms with van der Waals surface area (Å²) in [5, 5.41) is 3.94. The fraction of sp³-hybridized carbons (Fsp3) is 0.417. The lowest BCUT2D eigenvalue weighted by Gasteiger charge is -2.31. The Morgan fingerprint density at radius 1 is 1.24 bits per heavy atom. The summed E-state index contributed by atoms with van der Waals surface area (Å²) in [5.41, 5.74) is 1.17. The largest absolute Gasteiger partial charge is 0.417 e. The molecule has 9 heteroatoms. The molecule has 3 aromatic rings. The fourth-order valence-corrected chi connectivity index (χ4v) is 5.18. The summed E-state index contributed by atoms with van der Waals surface area (Å²) in [5.74, 6) is -0.501. The Kier molecular flexibility index (Phi) is 7.31. The van der Waals surface area contributed by atoms with Gasteiger partial charge in [0.25, 0.3) is 5.91 Å². The molecule has 0 unspecified atom stereocenters. The van der Waals surface area contributed by atoms with E-state index in [1.54, 1.807) is 0 Å². The average Bonchev–Trinajstić information content (AvgIpc) is 3.25. The van der Waals surface area contributed by atoms with Crippen LogP contribution in [0, 0.1) is 0 Å². The highest BCUT2D eigenvalue weighted by molar-refractivity contribution is 7.17. The van der Waals surface area contributed by atoms with Gasteiger partial charge in [-0.3, -0.25) is 9.78 Å². The first kappa shape index (κ1) is 23.7. The maximum absolute atomic E-state index is 13.8. The molecule has 1 amide bonds. The fourth-order valence-electron chi connectivity index (χ4n) is 4.15. The van der Waals surface area contributed by atoms with Crippen LogP contribution in [0.1, 0.15) is 45.9 Å². The van der Waals surface area contributed by atoms with E-state index in [1.165, 1.54) is 18.5 Å². The Morgan fingerprint density at radius 2 is 1.97 bits per heavy atom. The van der Waals surface area contributed by atoms with Crippen molar-refractivity contribution in [3.05, 3.63) is 64.2 Å². The normalized spacial score (nSPS) is 15.8. The maximum atomic E-state index is 13.8. The van der Waals surface area contributed by atoms with Crippen molar-refractivity contribution in [2.24, 2.45) is 0 Å². The Morgan fingerprint density at radius 3 is 2.64 bits per heavy atom. The van der Waals surface area contributed by atoms with Gasteiger partial charge in [0.05, 0.1) is 34.6 Å². The first-order valence-corrected chi connectivity index (χ1v) is 11.8. The van der Waals surface area contributed by atoms with Gasteiger partial charge in [0.2, 0.25) is 0 Å². The number of likely N-dealkylation sites (tertiary alicyclic amines) is 1. The highest BCUT2D eigenvalue weighted by atomic mass is 32.1. The molecule has 1 aromatic carbocycles. The van der Waals surface area contributed by atoms with Crippen molar-refractivity contribution in [2.75, 3.05) is 33.3 Å². The van der Waals surface area contributed by atoms with Crippen LogP contribution in [0.3, 0.4) is 0 Å². The van der Waals surface area contributed by atoms with Crippen molar-refractivity contribution in [3.8, 4) is 0 Å². The van der Waals surface area contributed by atoms with Crippen molar-refractivity contribution >= 4 is 27.5 Å². The molecule has 0 radical (unpaired) electrons. The molecule has 176 valence electrons. The number of aromatic nitrogens is 1. The summed E-state index contributed by atoms with van der Waals surface area (Å²) in [6.45, 7) is 3.49. The number of ether oxygens (including phenoxy) is 1. The second-order valence-electron chi connectivity index (χ2n) is 8.15. The lowest BCUT2D eigenvalue weighted by atomic mass is 9.92. The molecule has 0 spiro atoms. The number of carbonyl (C=O) groups excluding carboxylic acids is 1. The molecular weight excluding hydrogens is 451 g/mol. The predicted molar refractivity (Wildman–Crippen MR) is 123 cm³/mol. The summed E-state index contributed by atoms with van der Waals surface area (Å²) >= 11 is 0.911. The molecule has 1 N–H and O–H groups in total. The Bertz CT molecular complexity index is 1090. The van der Waals surface area contributed by atoms with Gasteiger partial charge >= 0.3 is 6.18 Å². The second kappa shape index (κ2) is 10.2. The van der Waals surface area contributed by atoms with Gasteiger partial charge in [0.15, 0.2) is 0 Å². The molecule has 1 saturated heterocycles. The van der Waals surface area contributed by atoms with Gasteiger partial charge in [-0.15, -0.1) is 11.3 Å². The van der Waals surface area contributed by atoms with Crippen LogP contribution in [0.5, 0.6) is 0 Å². The van der Waals surface area contributed by atoms with E-state index < -0.39 is 17.6 Å². The maximum Gasteiger partial charge on any atom is 0.417 e. The molecule has 5 nitrogen and oxygen atoms in total. The SMILES string of the molecule is CNC(=O)c1csc2c(C(F)(F)F)cc(C3CCN(CCOCc4ccccc4)CC3)nc12. The zero-order valence-corrected chi connectivity index (χ0v) is 19.1. The Balaban J connectivity index is 1.41. The minimum atomic E-state index is -4.50. The molecule has 0 atom stereocenters. The number of thiophene rings is 1. The number of hydrogen-bond acceptors (Lipinski definition) is 5. The zero-order chi connectivity index (χ0) is 23.4. The van der Waals surface area contributed by atoms with Crippen LogP contribution in [-0.4, -0.2) is 49.1 Å². The van der Waals surface area contributed by atoms with Crippen LogP contribution in [0.4, 0.5) is 13.2 Å². The lowest BCUT2D eigenvalue weighted by Crippen LogP contribution is -2.35. The van der Waals surface area contributed by atoms with E-state index in [2.05, 4.69) is 15.2 Å². The third kappa shape index (κ3) is 5.54. The zero-order valence-electron chi connectivity index (χ0n) is 18.3. The van der Waals surface area contributed by atoms with E-state index in [4.69, 9.17) is 4.74 Å². The van der Waals surface area contributed by atoms with Gasteiger partial charge in [-0.2, -0.15) is 13.2 Å². The van der Waals surface area contributed by atoms with E-state index in [0.29, 0.717) is 31.7 Å². The molecule has 0 saturated carbocycles. The van der Waals surface area contributed by atoms with E-state index >= 15 is 0 Å². The molecule has 4 rings (SSSR count). The number of piperidine rings is 1. The topological polar surface area (TPSA) is 54.5 Å². The van der Waals surface area contributed by atoms with Crippen molar-refractivity contribution in [3.63, 3.8) is 0 Å². The number of nitrogens with zero attached hydrogens (tertiary/aromatic N) is 2. The summed E-state index contributed by atoms with van der Waals surface area (Å²) in [4.78, 5) is 19.0. The summed E-state index contributed by atoms with van der Waals surface area (Å²) in [6, 6.07) is 11.1. The number of carbonyl (C=O) groups is 1. The summed E-state index contributed by atoms with van der Waals surface area (Å²) < 4.78 is 47.1. The van der Waals surface area contributed by atoms with Crippen LogP contribution in [-0.2, 0) is 17.5 Å². The number of hydrogen-bond donors (Lipinski definition) is 1. The monoisotopic (exact) mass is 477 g/mol. The number of halogens is 3. The number of amides is 1. The van der Waals surface area contributed by atoms with Crippen molar-refractivity contribution < 1.29 is 22.7 Å². The molecule has 1 aliphatic rings. The quantitative estimate of drug-likeness (QED) is 0.483.